The maximum absolute atomic E-state index is 11.9. The van der Waals surface area contributed by atoms with Gasteiger partial charge in [-0.1, -0.05) is 19.9 Å². The molecule has 1 aliphatic heterocycles. The summed E-state index contributed by atoms with van der Waals surface area (Å²) in [5, 5.41) is 0. The Labute approximate surface area is 115 Å². The predicted octanol–water partition coefficient (Wildman–Crippen LogP) is 1.67. The van der Waals surface area contributed by atoms with E-state index in [2.05, 4.69) is 21.8 Å². The summed E-state index contributed by atoms with van der Waals surface area (Å²) in [4.78, 5) is 21.2. The van der Waals surface area contributed by atoms with Crippen LogP contribution in [0.3, 0.4) is 0 Å². The van der Waals surface area contributed by atoms with Gasteiger partial charge in [0.15, 0.2) is 5.78 Å². The molecule has 2 rings (SSSR count). The number of likely N-dealkylation sites (N-methyl/N-ethyl adjacent to an activating group) is 1. The highest BCUT2D eigenvalue weighted by atomic mass is 16.1. The highest BCUT2D eigenvalue weighted by molar-refractivity contribution is 5.95. The van der Waals surface area contributed by atoms with E-state index in [0.29, 0.717) is 5.69 Å². The zero-order valence-electron chi connectivity index (χ0n) is 12.1. The molecule has 0 saturated carbocycles. The first-order valence-electron chi connectivity index (χ1n) is 6.97. The standard InChI is InChI=1S/C15H23N3O/c1-12(2)15(19)14-6-4-5-13(16-14)11-18-9-7-17(3)8-10-18/h4-6,12H,7-11H2,1-3H3. The second-order valence-electron chi connectivity index (χ2n) is 5.61. The van der Waals surface area contributed by atoms with Crippen LogP contribution in [-0.2, 0) is 6.54 Å². The van der Waals surface area contributed by atoms with Gasteiger partial charge in [-0.3, -0.25) is 9.69 Å². The molecule has 2 heterocycles. The molecule has 1 aromatic heterocycles. The number of piperazine rings is 1. The molecule has 1 aliphatic rings. The number of ketones is 1. The van der Waals surface area contributed by atoms with Crippen molar-refractivity contribution in [2.45, 2.75) is 20.4 Å². The molecule has 4 heteroatoms. The molecule has 0 bridgehead atoms. The van der Waals surface area contributed by atoms with E-state index in [9.17, 15) is 4.79 Å². The number of hydrogen-bond donors (Lipinski definition) is 0. The zero-order chi connectivity index (χ0) is 13.8. The number of pyridine rings is 1. The van der Waals surface area contributed by atoms with E-state index in [1.807, 2.05) is 32.0 Å². The van der Waals surface area contributed by atoms with E-state index in [1.54, 1.807) is 0 Å². The molecule has 1 fully saturated rings. The van der Waals surface area contributed by atoms with Gasteiger partial charge in [0.1, 0.15) is 5.69 Å². The second-order valence-corrected chi connectivity index (χ2v) is 5.61. The third-order valence-electron chi connectivity index (χ3n) is 3.57. The van der Waals surface area contributed by atoms with Crippen molar-refractivity contribution in [3.8, 4) is 0 Å². The Morgan fingerprint density at radius 2 is 1.95 bits per heavy atom. The van der Waals surface area contributed by atoms with Crippen LogP contribution in [0.15, 0.2) is 18.2 Å². The Morgan fingerprint density at radius 3 is 2.58 bits per heavy atom. The van der Waals surface area contributed by atoms with Gasteiger partial charge in [-0.15, -0.1) is 0 Å². The maximum Gasteiger partial charge on any atom is 0.183 e. The van der Waals surface area contributed by atoms with Crippen molar-refractivity contribution in [3.63, 3.8) is 0 Å². The molecule has 4 nitrogen and oxygen atoms in total. The highest BCUT2D eigenvalue weighted by Crippen LogP contribution is 2.10. The number of carbonyl (C=O) groups excluding carboxylic acids is 1. The number of carbonyl (C=O) groups is 1. The molecule has 0 unspecified atom stereocenters. The Hall–Kier alpha value is -1.26. The summed E-state index contributed by atoms with van der Waals surface area (Å²) < 4.78 is 0. The summed E-state index contributed by atoms with van der Waals surface area (Å²) in [6.45, 7) is 9.01. The number of aromatic nitrogens is 1. The van der Waals surface area contributed by atoms with Crippen molar-refractivity contribution in [2.24, 2.45) is 5.92 Å². The third kappa shape index (κ3) is 3.85. The normalized spacial score (nSPS) is 17.9. The summed E-state index contributed by atoms with van der Waals surface area (Å²) in [5.41, 5.74) is 1.60. The average molecular weight is 261 g/mol. The molecule has 19 heavy (non-hydrogen) atoms. The summed E-state index contributed by atoms with van der Waals surface area (Å²) in [6, 6.07) is 5.76. The van der Waals surface area contributed by atoms with E-state index in [1.165, 1.54) is 0 Å². The minimum atomic E-state index is 0.00591. The minimum Gasteiger partial charge on any atom is -0.304 e. The molecule has 0 N–H and O–H groups in total. The van der Waals surface area contributed by atoms with Gasteiger partial charge < -0.3 is 4.90 Å². The van der Waals surface area contributed by atoms with E-state index >= 15 is 0 Å². The van der Waals surface area contributed by atoms with Gasteiger partial charge in [0.05, 0.1) is 5.69 Å². The largest absolute Gasteiger partial charge is 0.304 e. The summed E-state index contributed by atoms with van der Waals surface area (Å²) in [5.74, 6) is 0.131. The van der Waals surface area contributed by atoms with Crippen LogP contribution in [0, 0.1) is 5.92 Å². The first-order chi connectivity index (χ1) is 9.06. The lowest BCUT2D eigenvalue weighted by Gasteiger charge is -2.32. The summed E-state index contributed by atoms with van der Waals surface area (Å²) in [6.07, 6.45) is 0. The quantitative estimate of drug-likeness (QED) is 0.773. The molecular formula is C15H23N3O. The van der Waals surface area contributed by atoms with Crippen LogP contribution in [0.25, 0.3) is 0 Å². The average Bonchev–Trinajstić information content (AvgIpc) is 2.41. The monoisotopic (exact) mass is 261 g/mol. The highest BCUT2D eigenvalue weighted by Gasteiger charge is 2.16. The van der Waals surface area contributed by atoms with E-state index in [0.717, 1.165) is 38.4 Å². The SMILES string of the molecule is CC(C)C(=O)c1cccc(CN2CCN(C)CC2)n1. The fourth-order valence-corrected chi connectivity index (χ4v) is 2.24. The Bertz CT molecular complexity index is 437. The van der Waals surface area contributed by atoms with E-state index < -0.39 is 0 Å². The fraction of sp³-hybridized carbons (Fsp3) is 0.600. The molecule has 0 radical (unpaired) electrons. The van der Waals surface area contributed by atoms with Gasteiger partial charge in [-0.2, -0.15) is 0 Å². The van der Waals surface area contributed by atoms with E-state index in [4.69, 9.17) is 0 Å². The van der Waals surface area contributed by atoms with Crippen molar-refractivity contribution >= 4 is 5.78 Å². The van der Waals surface area contributed by atoms with Gasteiger partial charge in [-0.25, -0.2) is 4.98 Å². The smallest absolute Gasteiger partial charge is 0.183 e. The first-order valence-corrected chi connectivity index (χ1v) is 6.97. The van der Waals surface area contributed by atoms with Crippen LogP contribution in [-0.4, -0.2) is 53.8 Å². The van der Waals surface area contributed by atoms with Crippen molar-refractivity contribution in [2.75, 3.05) is 33.2 Å². The Kier molecular flexibility index (Phi) is 4.66. The number of hydrogen-bond acceptors (Lipinski definition) is 4. The molecule has 0 aromatic carbocycles. The third-order valence-corrected chi connectivity index (χ3v) is 3.57. The molecule has 0 amide bonds. The molecule has 1 aromatic rings. The lowest BCUT2D eigenvalue weighted by molar-refractivity contribution is 0.0933. The van der Waals surface area contributed by atoms with Gasteiger partial charge in [0.25, 0.3) is 0 Å². The molecule has 0 spiro atoms. The van der Waals surface area contributed by atoms with Crippen LogP contribution in [0.2, 0.25) is 0 Å². The molecule has 104 valence electrons. The second kappa shape index (κ2) is 6.26. The number of Topliss-reactive ketones (excluding diaryl/α,β-unsaturated/α-hetero) is 1. The molecule has 0 aliphatic carbocycles. The van der Waals surface area contributed by atoms with Crippen LogP contribution >= 0.6 is 0 Å². The fourth-order valence-electron chi connectivity index (χ4n) is 2.24. The van der Waals surface area contributed by atoms with Gasteiger partial charge in [-0.05, 0) is 19.2 Å². The number of rotatable bonds is 4. The van der Waals surface area contributed by atoms with Crippen molar-refractivity contribution in [3.05, 3.63) is 29.6 Å². The summed E-state index contributed by atoms with van der Waals surface area (Å²) >= 11 is 0. The lowest BCUT2D eigenvalue weighted by Crippen LogP contribution is -2.44. The van der Waals surface area contributed by atoms with Crippen LogP contribution in [0.1, 0.15) is 30.0 Å². The van der Waals surface area contributed by atoms with Crippen molar-refractivity contribution in [1.29, 1.82) is 0 Å². The minimum absolute atomic E-state index is 0.00591. The van der Waals surface area contributed by atoms with Crippen LogP contribution < -0.4 is 0 Å². The predicted molar refractivity (Wildman–Crippen MR) is 76.2 cm³/mol. The number of nitrogens with zero attached hydrogens (tertiary/aromatic N) is 3. The van der Waals surface area contributed by atoms with E-state index in [-0.39, 0.29) is 11.7 Å². The first kappa shape index (κ1) is 14.2. The van der Waals surface area contributed by atoms with Crippen LogP contribution in [0.5, 0.6) is 0 Å². The Morgan fingerprint density at radius 1 is 1.26 bits per heavy atom. The van der Waals surface area contributed by atoms with Gasteiger partial charge in [0, 0.05) is 38.6 Å². The molecule has 0 atom stereocenters. The molecule has 1 saturated heterocycles. The van der Waals surface area contributed by atoms with Crippen LogP contribution in [0.4, 0.5) is 0 Å². The van der Waals surface area contributed by atoms with Gasteiger partial charge >= 0.3 is 0 Å². The van der Waals surface area contributed by atoms with Crippen molar-refractivity contribution in [1.82, 2.24) is 14.8 Å². The summed E-state index contributed by atoms with van der Waals surface area (Å²) in [7, 11) is 2.15. The topological polar surface area (TPSA) is 36.4 Å². The Balaban J connectivity index is 2.01. The zero-order valence-corrected chi connectivity index (χ0v) is 12.1. The molecular weight excluding hydrogens is 238 g/mol. The van der Waals surface area contributed by atoms with Crippen molar-refractivity contribution < 1.29 is 4.79 Å². The lowest BCUT2D eigenvalue weighted by atomic mass is 10.1. The van der Waals surface area contributed by atoms with Gasteiger partial charge in [0.2, 0.25) is 0 Å². The maximum atomic E-state index is 11.9.